The molecule has 5 heteroatoms. The minimum Gasteiger partial charge on any atom is -0.396 e. The van der Waals surface area contributed by atoms with Gasteiger partial charge in [-0.25, -0.2) is 9.97 Å². The molecule has 17 heavy (non-hydrogen) atoms. The van der Waals surface area contributed by atoms with E-state index >= 15 is 0 Å². The molecule has 0 bridgehead atoms. The summed E-state index contributed by atoms with van der Waals surface area (Å²) >= 11 is 0. The van der Waals surface area contributed by atoms with E-state index in [-0.39, 0.29) is 6.61 Å². The normalized spacial score (nSPS) is 10.9. The van der Waals surface area contributed by atoms with Gasteiger partial charge in [0.1, 0.15) is 17.5 Å². The third kappa shape index (κ3) is 3.85. The van der Waals surface area contributed by atoms with Gasteiger partial charge in [0.05, 0.1) is 0 Å². The number of nitrogens with two attached hydrogens (primary N) is 1. The van der Waals surface area contributed by atoms with Gasteiger partial charge in [0, 0.05) is 31.7 Å². The average molecular weight is 238 g/mol. The van der Waals surface area contributed by atoms with Crippen molar-refractivity contribution >= 4 is 11.6 Å². The predicted octanol–water partition coefficient (Wildman–Crippen LogP) is 1.22. The van der Waals surface area contributed by atoms with E-state index in [2.05, 4.69) is 28.7 Å². The molecule has 3 N–H and O–H groups in total. The van der Waals surface area contributed by atoms with Crippen molar-refractivity contribution in [1.29, 1.82) is 0 Å². The van der Waals surface area contributed by atoms with Crippen LogP contribution < -0.4 is 10.6 Å². The van der Waals surface area contributed by atoms with E-state index in [0.29, 0.717) is 11.9 Å². The summed E-state index contributed by atoms with van der Waals surface area (Å²) in [6, 6.07) is 2.11. The van der Waals surface area contributed by atoms with Crippen molar-refractivity contribution in [3.63, 3.8) is 0 Å². The molecule has 0 aliphatic rings. The Morgan fingerprint density at radius 1 is 1.41 bits per heavy atom. The molecule has 0 amide bonds. The Morgan fingerprint density at radius 2 is 2.12 bits per heavy atom. The van der Waals surface area contributed by atoms with Gasteiger partial charge in [-0.05, 0) is 20.3 Å². The van der Waals surface area contributed by atoms with Gasteiger partial charge in [-0.2, -0.15) is 0 Å². The number of hydrogen-bond donors (Lipinski definition) is 2. The summed E-state index contributed by atoms with van der Waals surface area (Å²) in [5.41, 5.74) is 5.77. The predicted molar refractivity (Wildman–Crippen MR) is 70.0 cm³/mol. The minimum absolute atomic E-state index is 0.185. The lowest BCUT2D eigenvalue weighted by atomic mass is 10.2. The Hall–Kier alpha value is -1.36. The van der Waals surface area contributed by atoms with Crippen LogP contribution in [0.4, 0.5) is 11.6 Å². The Kier molecular flexibility index (Phi) is 5.15. The van der Waals surface area contributed by atoms with Crippen molar-refractivity contribution in [3.05, 3.63) is 11.9 Å². The fourth-order valence-corrected chi connectivity index (χ4v) is 1.69. The lowest BCUT2D eigenvalue weighted by molar-refractivity contribution is 0.288. The molecule has 1 rings (SSSR count). The summed E-state index contributed by atoms with van der Waals surface area (Å²) < 4.78 is 0. The molecule has 0 spiro atoms. The van der Waals surface area contributed by atoms with Crippen molar-refractivity contribution in [3.8, 4) is 0 Å². The molecule has 0 aromatic carbocycles. The number of aryl methyl sites for hydroxylation is 1. The smallest absolute Gasteiger partial charge is 0.134 e. The third-order valence-electron chi connectivity index (χ3n) is 2.57. The van der Waals surface area contributed by atoms with Crippen LogP contribution >= 0.6 is 0 Å². The van der Waals surface area contributed by atoms with E-state index in [4.69, 9.17) is 10.8 Å². The van der Waals surface area contributed by atoms with Gasteiger partial charge in [0.15, 0.2) is 0 Å². The van der Waals surface area contributed by atoms with E-state index in [1.54, 1.807) is 6.07 Å². The quantitative estimate of drug-likeness (QED) is 0.779. The molecule has 0 aliphatic carbocycles. The average Bonchev–Trinajstić information content (AvgIpc) is 2.28. The molecule has 0 atom stereocenters. The van der Waals surface area contributed by atoms with E-state index in [0.717, 1.165) is 31.0 Å². The number of aliphatic hydroxyl groups is 1. The first-order valence-electron chi connectivity index (χ1n) is 6.09. The Labute approximate surface area is 103 Å². The second-order valence-electron chi connectivity index (χ2n) is 4.29. The topological polar surface area (TPSA) is 75.3 Å². The molecule has 0 saturated carbocycles. The lowest BCUT2D eigenvalue weighted by Gasteiger charge is -2.28. The van der Waals surface area contributed by atoms with E-state index in [1.807, 2.05) is 6.92 Å². The van der Waals surface area contributed by atoms with Crippen LogP contribution in [0.25, 0.3) is 0 Å². The van der Waals surface area contributed by atoms with Crippen molar-refractivity contribution in [2.75, 3.05) is 23.8 Å². The van der Waals surface area contributed by atoms with Gasteiger partial charge < -0.3 is 15.7 Å². The number of anilines is 2. The number of hydrogen-bond acceptors (Lipinski definition) is 5. The maximum Gasteiger partial charge on any atom is 0.134 e. The van der Waals surface area contributed by atoms with Crippen LogP contribution in [0.3, 0.4) is 0 Å². The molecule has 1 aromatic heterocycles. The van der Waals surface area contributed by atoms with Gasteiger partial charge in [0.25, 0.3) is 0 Å². The van der Waals surface area contributed by atoms with Gasteiger partial charge >= 0.3 is 0 Å². The highest BCUT2D eigenvalue weighted by Crippen LogP contribution is 2.17. The standard InChI is InChI=1S/C12H22N4O/c1-4-11-14-10(13)8-12(15-11)16(9(2)3)6-5-7-17/h8-9,17H,4-7H2,1-3H3,(H2,13,14,15). The maximum absolute atomic E-state index is 8.92. The number of nitrogens with zero attached hydrogens (tertiary/aromatic N) is 3. The SMILES string of the molecule is CCc1nc(N)cc(N(CCCO)C(C)C)n1. The van der Waals surface area contributed by atoms with Crippen LogP contribution in [-0.2, 0) is 6.42 Å². The highest BCUT2D eigenvalue weighted by Gasteiger charge is 2.13. The number of aliphatic hydroxyl groups excluding tert-OH is 1. The summed E-state index contributed by atoms with van der Waals surface area (Å²) in [6.07, 6.45) is 1.49. The molecule has 0 unspecified atom stereocenters. The Balaban J connectivity index is 2.96. The highest BCUT2D eigenvalue weighted by atomic mass is 16.3. The minimum atomic E-state index is 0.185. The zero-order valence-corrected chi connectivity index (χ0v) is 10.8. The number of nitrogen functional groups attached to an aromatic ring is 1. The maximum atomic E-state index is 8.92. The van der Waals surface area contributed by atoms with Crippen LogP contribution in [0, 0.1) is 0 Å². The van der Waals surface area contributed by atoms with Crippen LogP contribution in [-0.4, -0.2) is 34.3 Å². The summed E-state index contributed by atoms with van der Waals surface area (Å²) in [5, 5.41) is 8.92. The molecule has 0 radical (unpaired) electrons. The molecule has 1 heterocycles. The first kappa shape index (κ1) is 13.7. The first-order chi connectivity index (χ1) is 8.08. The van der Waals surface area contributed by atoms with Gasteiger partial charge in [-0.1, -0.05) is 6.92 Å². The van der Waals surface area contributed by atoms with Crippen LogP contribution in [0.15, 0.2) is 6.07 Å². The van der Waals surface area contributed by atoms with E-state index in [1.165, 1.54) is 0 Å². The molecule has 5 nitrogen and oxygen atoms in total. The fourth-order valence-electron chi connectivity index (χ4n) is 1.69. The second kappa shape index (κ2) is 6.39. The van der Waals surface area contributed by atoms with Gasteiger partial charge in [-0.3, -0.25) is 0 Å². The summed E-state index contributed by atoms with van der Waals surface area (Å²) in [7, 11) is 0. The molecule has 0 aliphatic heterocycles. The van der Waals surface area contributed by atoms with Crippen molar-refractivity contribution in [1.82, 2.24) is 9.97 Å². The van der Waals surface area contributed by atoms with Gasteiger partial charge in [0.2, 0.25) is 0 Å². The molecule has 1 aromatic rings. The second-order valence-corrected chi connectivity index (χ2v) is 4.29. The summed E-state index contributed by atoms with van der Waals surface area (Å²) in [5.74, 6) is 2.11. The Bertz CT molecular complexity index is 354. The van der Waals surface area contributed by atoms with Crippen LogP contribution in [0.1, 0.15) is 33.0 Å². The molecular weight excluding hydrogens is 216 g/mol. The third-order valence-corrected chi connectivity index (χ3v) is 2.57. The monoisotopic (exact) mass is 238 g/mol. The first-order valence-corrected chi connectivity index (χ1v) is 6.09. The van der Waals surface area contributed by atoms with Crippen molar-refractivity contribution < 1.29 is 5.11 Å². The van der Waals surface area contributed by atoms with Crippen molar-refractivity contribution in [2.45, 2.75) is 39.7 Å². The molecule has 96 valence electrons. The molecule has 0 saturated heterocycles. The largest absolute Gasteiger partial charge is 0.396 e. The zero-order valence-electron chi connectivity index (χ0n) is 10.8. The molecular formula is C12H22N4O. The van der Waals surface area contributed by atoms with Crippen LogP contribution in [0.2, 0.25) is 0 Å². The Morgan fingerprint density at radius 3 is 2.65 bits per heavy atom. The highest BCUT2D eigenvalue weighted by molar-refractivity contribution is 5.47. The summed E-state index contributed by atoms with van der Waals surface area (Å²) in [4.78, 5) is 10.8. The zero-order chi connectivity index (χ0) is 12.8. The van der Waals surface area contributed by atoms with Crippen LogP contribution in [0.5, 0.6) is 0 Å². The molecule has 0 fully saturated rings. The van der Waals surface area contributed by atoms with Gasteiger partial charge in [-0.15, -0.1) is 0 Å². The van der Waals surface area contributed by atoms with Crippen molar-refractivity contribution in [2.24, 2.45) is 0 Å². The fraction of sp³-hybridized carbons (Fsp3) is 0.667. The number of aromatic nitrogens is 2. The lowest BCUT2D eigenvalue weighted by Crippen LogP contribution is -2.33. The number of rotatable bonds is 6. The van der Waals surface area contributed by atoms with E-state index < -0.39 is 0 Å². The summed E-state index contributed by atoms with van der Waals surface area (Å²) in [6.45, 7) is 7.16. The van der Waals surface area contributed by atoms with E-state index in [9.17, 15) is 0 Å².